The van der Waals surface area contributed by atoms with Crippen molar-refractivity contribution in [1.29, 1.82) is 0 Å². The molecule has 2 heteroatoms. The molecule has 1 aliphatic carbocycles. The molecule has 0 aromatic carbocycles. The molecule has 0 unspecified atom stereocenters. The van der Waals surface area contributed by atoms with Crippen molar-refractivity contribution < 1.29 is 0 Å². The largest absolute Gasteiger partial charge is 0.316 e. The number of allylic oxidation sites excluding steroid dienone is 1. The third kappa shape index (κ3) is 1.90. The summed E-state index contributed by atoms with van der Waals surface area (Å²) >= 11 is 0. The summed E-state index contributed by atoms with van der Waals surface area (Å²) in [5.41, 5.74) is 2.81. The van der Waals surface area contributed by atoms with Crippen molar-refractivity contribution in [2.75, 3.05) is 13.1 Å². The van der Waals surface area contributed by atoms with Gasteiger partial charge < -0.3 is 5.32 Å². The van der Waals surface area contributed by atoms with Crippen molar-refractivity contribution >= 4 is 5.57 Å². The van der Waals surface area contributed by atoms with Crippen LogP contribution >= 0.6 is 0 Å². The Kier molecular flexibility index (Phi) is 2.75. The summed E-state index contributed by atoms with van der Waals surface area (Å²) in [4.78, 5) is 4.21. The van der Waals surface area contributed by atoms with Crippen LogP contribution in [0.5, 0.6) is 0 Å². The molecule has 1 saturated heterocycles. The monoisotopic (exact) mass is 214 g/mol. The van der Waals surface area contributed by atoms with Crippen LogP contribution in [-0.2, 0) is 0 Å². The molecule has 0 saturated carbocycles. The molecule has 0 amide bonds. The lowest BCUT2D eigenvalue weighted by atomic mass is 9.76. The second kappa shape index (κ2) is 4.38. The normalized spacial score (nSPS) is 29.4. The maximum absolute atomic E-state index is 4.21. The second-order valence-corrected chi connectivity index (χ2v) is 4.89. The van der Waals surface area contributed by atoms with Crippen LogP contribution in [0.1, 0.15) is 24.8 Å². The van der Waals surface area contributed by atoms with E-state index in [1.807, 2.05) is 18.5 Å². The summed E-state index contributed by atoms with van der Waals surface area (Å²) in [7, 11) is 0. The van der Waals surface area contributed by atoms with Crippen molar-refractivity contribution in [3.05, 3.63) is 36.2 Å². The Morgan fingerprint density at radius 1 is 1.31 bits per heavy atom. The van der Waals surface area contributed by atoms with Crippen LogP contribution in [0.3, 0.4) is 0 Å². The Morgan fingerprint density at radius 3 is 3.19 bits per heavy atom. The van der Waals surface area contributed by atoms with Gasteiger partial charge in [0.25, 0.3) is 0 Å². The fraction of sp³-hybridized carbons (Fsp3) is 0.500. The maximum Gasteiger partial charge on any atom is 0.0342 e. The zero-order valence-electron chi connectivity index (χ0n) is 9.52. The van der Waals surface area contributed by atoms with Gasteiger partial charge in [-0.3, -0.25) is 4.98 Å². The Hall–Kier alpha value is -1.15. The summed E-state index contributed by atoms with van der Waals surface area (Å²) in [6.45, 7) is 2.37. The standard InChI is InChI=1S/C14H18N2/c1-2-13(9-15-6-1)12-4-3-11-5-7-16-10-14(11)8-12/h1-2,6,8-9,11,14,16H,3-5,7,10H2/t11-,14+/m1/s1. The van der Waals surface area contributed by atoms with Gasteiger partial charge in [0.1, 0.15) is 0 Å². The summed E-state index contributed by atoms with van der Waals surface area (Å²) < 4.78 is 0. The molecule has 1 aromatic rings. The fourth-order valence-corrected chi connectivity index (χ4v) is 2.97. The van der Waals surface area contributed by atoms with Crippen LogP contribution in [-0.4, -0.2) is 18.1 Å². The fourth-order valence-electron chi connectivity index (χ4n) is 2.97. The smallest absolute Gasteiger partial charge is 0.0342 e. The van der Waals surface area contributed by atoms with E-state index in [1.54, 1.807) is 0 Å². The van der Waals surface area contributed by atoms with Crippen LogP contribution in [0.2, 0.25) is 0 Å². The minimum Gasteiger partial charge on any atom is -0.316 e. The number of nitrogens with zero attached hydrogens (tertiary/aromatic N) is 1. The summed E-state index contributed by atoms with van der Waals surface area (Å²) in [6.07, 6.45) is 10.2. The first-order valence-corrected chi connectivity index (χ1v) is 6.25. The van der Waals surface area contributed by atoms with E-state index in [0.717, 1.165) is 18.4 Å². The maximum atomic E-state index is 4.21. The first-order valence-electron chi connectivity index (χ1n) is 6.25. The molecule has 2 heterocycles. The van der Waals surface area contributed by atoms with Gasteiger partial charge in [0, 0.05) is 18.9 Å². The Balaban J connectivity index is 1.84. The highest BCUT2D eigenvalue weighted by molar-refractivity contribution is 5.65. The average Bonchev–Trinajstić information content (AvgIpc) is 2.39. The minimum absolute atomic E-state index is 0.748. The van der Waals surface area contributed by atoms with Gasteiger partial charge in [0.05, 0.1) is 0 Å². The highest BCUT2D eigenvalue weighted by Gasteiger charge is 2.27. The zero-order valence-corrected chi connectivity index (χ0v) is 9.52. The molecule has 0 spiro atoms. The van der Waals surface area contributed by atoms with Gasteiger partial charge >= 0.3 is 0 Å². The number of fused-ring (bicyclic) bond motifs is 1. The molecule has 2 nitrogen and oxygen atoms in total. The van der Waals surface area contributed by atoms with Crippen molar-refractivity contribution in [2.24, 2.45) is 11.8 Å². The molecule has 1 N–H and O–H groups in total. The highest BCUT2D eigenvalue weighted by atomic mass is 14.9. The first-order chi connectivity index (χ1) is 7.93. The topological polar surface area (TPSA) is 24.9 Å². The van der Waals surface area contributed by atoms with Gasteiger partial charge in [-0.05, 0) is 54.8 Å². The Morgan fingerprint density at radius 2 is 2.31 bits per heavy atom. The quantitative estimate of drug-likeness (QED) is 0.777. The van der Waals surface area contributed by atoms with Crippen LogP contribution in [0.25, 0.3) is 5.57 Å². The lowest BCUT2D eigenvalue weighted by molar-refractivity contribution is 0.279. The first kappa shape index (κ1) is 10.0. The van der Waals surface area contributed by atoms with Crippen molar-refractivity contribution in [3.8, 4) is 0 Å². The van der Waals surface area contributed by atoms with E-state index in [2.05, 4.69) is 22.4 Å². The van der Waals surface area contributed by atoms with Gasteiger partial charge in [0.2, 0.25) is 0 Å². The van der Waals surface area contributed by atoms with E-state index in [4.69, 9.17) is 0 Å². The van der Waals surface area contributed by atoms with E-state index >= 15 is 0 Å². The molecule has 16 heavy (non-hydrogen) atoms. The summed E-state index contributed by atoms with van der Waals surface area (Å²) in [5.74, 6) is 1.67. The molecule has 3 rings (SSSR count). The molecule has 2 aliphatic rings. The van der Waals surface area contributed by atoms with Crippen LogP contribution in [0, 0.1) is 11.8 Å². The summed E-state index contributed by atoms with van der Waals surface area (Å²) in [5, 5.41) is 3.50. The van der Waals surface area contributed by atoms with Crippen molar-refractivity contribution in [1.82, 2.24) is 10.3 Å². The third-order valence-electron chi connectivity index (χ3n) is 3.91. The molecule has 1 aromatic heterocycles. The second-order valence-electron chi connectivity index (χ2n) is 4.89. The van der Waals surface area contributed by atoms with Gasteiger partial charge in [-0.1, -0.05) is 12.1 Å². The Labute approximate surface area is 96.8 Å². The van der Waals surface area contributed by atoms with Crippen LogP contribution < -0.4 is 5.32 Å². The number of pyridine rings is 1. The van der Waals surface area contributed by atoms with Crippen LogP contribution in [0.4, 0.5) is 0 Å². The van der Waals surface area contributed by atoms with E-state index in [9.17, 15) is 0 Å². The minimum atomic E-state index is 0.748. The Bertz CT molecular complexity index is 383. The molecule has 2 atom stereocenters. The van der Waals surface area contributed by atoms with E-state index < -0.39 is 0 Å². The predicted molar refractivity (Wildman–Crippen MR) is 65.9 cm³/mol. The van der Waals surface area contributed by atoms with Gasteiger partial charge in [-0.25, -0.2) is 0 Å². The van der Waals surface area contributed by atoms with Crippen LogP contribution in [0.15, 0.2) is 30.6 Å². The number of hydrogen-bond acceptors (Lipinski definition) is 2. The third-order valence-corrected chi connectivity index (χ3v) is 3.91. The molecule has 1 fully saturated rings. The van der Waals surface area contributed by atoms with Gasteiger partial charge in [-0.2, -0.15) is 0 Å². The summed E-state index contributed by atoms with van der Waals surface area (Å²) in [6, 6.07) is 4.21. The molecular weight excluding hydrogens is 196 g/mol. The average molecular weight is 214 g/mol. The predicted octanol–water partition coefficient (Wildman–Crippen LogP) is 2.48. The van der Waals surface area contributed by atoms with Gasteiger partial charge in [-0.15, -0.1) is 0 Å². The number of aromatic nitrogens is 1. The number of piperidine rings is 1. The van der Waals surface area contributed by atoms with Gasteiger partial charge in [0.15, 0.2) is 0 Å². The van der Waals surface area contributed by atoms with Crippen molar-refractivity contribution in [3.63, 3.8) is 0 Å². The molecule has 1 aliphatic heterocycles. The molecule has 0 bridgehead atoms. The zero-order chi connectivity index (χ0) is 10.8. The number of nitrogens with one attached hydrogen (secondary N) is 1. The molecule has 0 radical (unpaired) electrons. The molecule has 84 valence electrons. The number of rotatable bonds is 1. The van der Waals surface area contributed by atoms with E-state index in [0.29, 0.717) is 0 Å². The molecular formula is C14H18N2. The lowest BCUT2D eigenvalue weighted by Crippen LogP contribution is -2.37. The van der Waals surface area contributed by atoms with E-state index in [-0.39, 0.29) is 0 Å². The van der Waals surface area contributed by atoms with E-state index in [1.165, 1.54) is 36.9 Å². The highest BCUT2D eigenvalue weighted by Crippen LogP contribution is 2.36. The SMILES string of the molecule is C1=C(c2cccnc2)CC[C@@H]2CCNC[C@H]12. The number of hydrogen-bond donors (Lipinski definition) is 1. The van der Waals surface area contributed by atoms with Crippen molar-refractivity contribution in [2.45, 2.75) is 19.3 Å². The lowest BCUT2D eigenvalue weighted by Gasteiger charge is -2.34.